The van der Waals surface area contributed by atoms with E-state index in [0.29, 0.717) is 12.1 Å². The van der Waals surface area contributed by atoms with Crippen molar-refractivity contribution in [1.29, 1.82) is 0 Å². The fourth-order valence-corrected chi connectivity index (χ4v) is 2.25. The van der Waals surface area contributed by atoms with Gasteiger partial charge in [0.05, 0.1) is 12.7 Å². The molecular formula is C19H21NO4. The topological polar surface area (TPSA) is 64.6 Å². The highest BCUT2D eigenvalue weighted by molar-refractivity contribution is 5.89. The first-order chi connectivity index (χ1) is 11.5. The molecule has 0 unspecified atom stereocenters. The van der Waals surface area contributed by atoms with Crippen molar-refractivity contribution in [3.8, 4) is 5.75 Å². The van der Waals surface area contributed by atoms with Crippen LogP contribution in [0.25, 0.3) is 0 Å². The lowest BCUT2D eigenvalue weighted by Crippen LogP contribution is -2.18. The third-order valence-corrected chi connectivity index (χ3v) is 3.56. The maximum atomic E-state index is 12.1. The van der Waals surface area contributed by atoms with Gasteiger partial charge in [0, 0.05) is 13.5 Å². The van der Waals surface area contributed by atoms with Crippen LogP contribution in [0.2, 0.25) is 0 Å². The van der Waals surface area contributed by atoms with Crippen LogP contribution in [0.1, 0.15) is 34.0 Å². The molecule has 0 aromatic heterocycles. The summed E-state index contributed by atoms with van der Waals surface area (Å²) in [4.78, 5) is 23.0. The van der Waals surface area contributed by atoms with E-state index < -0.39 is 0 Å². The molecule has 0 fully saturated rings. The zero-order valence-corrected chi connectivity index (χ0v) is 14.1. The van der Waals surface area contributed by atoms with Crippen molar-refractivity contribution in [2.45, 2.75) is 27.0 Å². The Balaban J connectivity index is 1.92. The molecule has 0 saturated carbocycles. The van der Waals surface area contributed by atoms with Crippen LogP contribution in [-0.4, -0.2) is 19.0 Å². The third kappa shape index (κ3) is 4.84. The lowest BCUT2D eigenvalue weighted by molar-refractivity contribution is -0.119. The van der Waals surface area contributed by atoms with Crippen LogP contribution in [0.4, 0.5) is 0 Å². The van der Waals surface area contributed by atoms with E-state index in [0.717, 1.165) is 22.4 Å². The Morgan fingerprint density at radius 2 is 1.71 bits per heavy atom. The minimum Gasteiger partial charge on any atom is -0.496 e. The monoisotopic (exact) mass is 327 g/mol. The SMILES string of the molecule is COc1ccc(COC(=O)c2ccc(CNC(C)=O)cc2)cc1C. The molecule has 0 spiro atoms. The van der Waals surface area contributed by atoms with E-state index in [2.05, 4.69) is 5.32 Å². The van der Waals surface area contributed by atoms with Gasteiger partial charge in [0.2, 0.25) is 5.91 Å². The van der Waals surface area contributed by atoms with Crippen molar-refractivity contribution < 1.29 is 19.1 Å². The number of benzene rings is 2. The zero-order valence-electron chi connectivity index (χ0n) is 14.1. The molecule has 0 bridgehead atoms. The maximum Gasteiger partial charge on any atom is 0.338 e. The predicted octanol–water partition coefficient (Wildman–Crippen LogP) is 3.00. The Labute approximate surface area is 141 Å². The molecule has 0 heterocycles. The molecule has 0 atom stereocenters. The van der Waals surface area contributed by atoms with Crippen molar-refractivity contribution in [2.24, 2.45) is 0 Å². The molecule has 0 aliphatic heterocycles. The van der Waals surface area contributed by atoms with Crippen molar-refractivity contribution in [2.75, 3.05) is 7.11 Å². The normalized spacial score (nSPS) is 10.1. The third-order valence-electron chi connectivity index (χ3n) is 3.56. The molecule has 0 radical (unpaired) electrons. The number of esters is 1. The number of hydrogen-bond donors (Lipinski definition) is 1. The summed E-state index contributed by atoms with van der Waals surface area (Å²) in [6.07, 6.45) is 0. The summed E-state index contributed by atoms with van der Waals surface area (Å²) in [6.45, 7) is 4.05. The minimum absolute atomic E-state index is 0.0896. The number of aryl methyl sites for hydroxylation is 1. The molecule has 0 saturated heterocycles. The Morgan fingerprint density at radius 1 is 1.04 bits per heavy atom. The van der Waals surface area contributed by atoms with Gasteiger partial charge in [0.25, 0.3) is 0 Å². The molecule has 126 valence electrons. The van der Waals surface area contributed by atoms with Crippen LogP contribution < -0.4 is 10.1 Å². The van der Waals surface area contributed by atoms with Crippen molar-refractivity contribution in [3.05, 3.63) is 64.7 Å². The van der Waals surface area contributed by atoms with Crippen molar-refractivity contribution >= 4 is 11.9 Å². The second kappa shape index (κ2) is 8.15. The Bertz CT molecular complexity index is 723. The van der Waals surface area contributed by atoms with Gasteiger partial charge in [-0.1, -0.05) is 18.2 Å². The fraction of sp³-hybridized carbons (Fsp3) is 0.263. The molecule has 0 aliphatic carbocycles. The first-order valence-corrected chi connectivity index (χ1v) is 7.63. The Kier molecular flexibility index (Phi) is 5.95. The average molecular weight is 327 g/mol. The largest absolute Gasteiger partial charge is 0.496 e. The van der Waals surface area contributed by atoms with E-state index >= 15 is 0 Å². The number of hydrogen-bond acceptors (Lipinski definition) is 4. The second-order valence-electron chi connectivity index (χ2n) is 5.49. The highest BCUT2D eigenvalue weighted by Crippen LogP contribution is 2.19. The smallest absolute Gasteiger partial charge is 0.338 e. The number of ether oxygens (including phenoxy) is 2. The van der Waals surface area contributed by atoms with Crippen LogP contribution in [-0.2, 0) is 22.7 Å². The molecular weight excluding hydrogens is 306 g/mol. The molecule has 5 nitrogen and oxygen atoms in total. The van der Waals surface area contributed by atoms with E-state index in [1.165, 1.54) is 6.92 Å². The summed E-state index contributed by atoms with van der Waals surface area (Å²) in [7, 11) is 1.62. The van der Waals surface area contributed by atoms with Gasteiger partial charge in [-0.15, -0.1) is 0 Å². The molecule has 0 aliphatic rings. The Morgan fingerprint density at radius 3 is 2.29 bits per heavy atom. The van der Waals surface area contributed by atoms with Gasteiger partial charge in [-0.3, -0.25) is 4.79 Å². The van der Waals surface area contributed by atoms with Gasteiger partial charge in [-0.05, 0) is 47.9 Å². The van der Waals surface area contributed by atoms with Gasteiger partial charge >= 0.3 is 5.97 Å². The average Bonchev–Trinajstić information content (AvgIpc) is 2.58. The first kappa shape index (κ1) is 17.5. The number of amides is 1. The van der Waals surface area contributed by atoms with E-state index in [1.54, 1.807) is 31.4 Å². The quantitative estimate of drug-likeness (QED) is 0.829. The predicted molar refractivity (Wildman–Crippen MR) is 90.8 cm³/mol. The zero-order chi connectivity index (χ0) is 17.5. The van der Waals surface area contributed by atoms with Crippen molar-refractivity contribution in [3.63, 3.8) is 0 Å². The van der Waals surface area contributed by atoms with E-state index in [-0.39, 0.29) is 18.5 Å². The standard InChI is InChI=1S/C19H21NO4/c1-13-10-16(6-9-18(13)23-3)12-24-19(22)17-7-4-15(5-8-17)11-20-14(2)21/h4-10H,11-12H2,1-3H3,(H,20,21). The van der Waals surface area contributed by atoms with Gasteiger partial charge in [0.15, 0.2) is 0 Å². The van der Waals surface area contributed by atoms with Crippen LogP contribution in [0.15, 0.2) is 42.5 Å². The number of carbonyl (C=O) groups is 2. The molecule has 5 heteroatoms. The highest BCUT2D eigenvalue weighted by Gasteiger charge is 2.08. The van der Waals surface area contributed by atoms with Gasteiger partial charge in [-0.25, -0.2) is 4.79 Å². The Hall–Kier alpha value is -2.82. The molecule has 2 rings (SSSR count). The summed E-state index contributed by atoms with van der Waals surface area (Å²) in [5.74, 6) is 0.336. The molecule has 1 N–H and O–H groups in total. The first-order valence-electron chi connectivity index (χ1n) is 7.63. The number of rotatable bonds is 6. The summed E-state index contributed by atoms with van der Waals surface area (Å²) in [5, 5.41) is 2.71. The summed E-state index contributed by atoms with van der Waals surface area (Å²) in [5.41, 5.74) is 3.30. The van der Waals surface area contributed by atoms with Gasteiger partial charge in [-0.2, -0.15) is 0 Å². The minimum atomic E-state index is -0.380. The molecule has 2 aromatic carbocycles. The maximum absolute atomic E-state index is 12.1. The van der Waals surface area contributed by atoms with Crippen LogP contribution in [0, 0.1) is 6.92 Å². The van der Waals surface area contributed by atoms with Crippen LogP contribution >= 0.6 is 0 Å². The second-order valence-corrected chi connectivity index (χ2v) is 5.49. The number of carbonyl (C=O) groups excluding carboxylic acids is 2. The van der Waals surface area contributed by atoms with Crippen molar-refractivity contribution in [1.82, 2.24) is 5.32 Å². The molecule has 24 heavy (non-hydrogen) atoms. The van der Waals surface area contributed by atoms with Gasteiger partial charge < -0.3 is 14.8 Å². The van der Waals surface area contributed by atoms with Crippen LogP contribution in [0.3, 0.4) is 0 Å². The highest BCUT2D eigenvalue weighted by atomic mass is 16.5. The molecule has 2 aromatic rings. The lowest BCUT2D eigenvalue weighted by Gasteiger charge is -2.09. The van der Waals surface area contributed by atoms with E-state index in [1.807, 2.05) is 25.1 Å². The van der Waals surface area contributed by atoms with Crippen LogP contribution in [0.5, 0.6) is 5.75 Å². The van der Waals surface area contributed by atoms with Gasteiger partial charge in [0.1, 0.15) is 12.4 Å². The van der Waals surface area contributed by atoms with E-state index in [9.17, 15) is 9.59 Å². The lowest BCUT2D eigenvalue weighted by atomic mass is 10.1. The molecule has 1 amide bonds. The summed E-state index contributed by atoms with van der Waals surface area (Å²) in [6, 6.07) is 12.6. The van der Waals surface area contributed by atoms with E-state index in [4.69, 9.17) is 9.47 Å². The summed E-state index contributed by atoms with van der Waals surface area (Å²) >= 11 is 0. The summed E-state index contributed by atoms with van der Waals surface area (Å²) < 4.78 is 10.5. The number of methoxy groups -OCH3 is 1. The fourth-order valence-electron chi connectivity index (χ4n) is 2.25. The number of nitrogens with one attached hydrogen (secondary N) is 1.